The molecule has 0 spiro atoms. The maximum absolute atomic E-state index is 11.1. The number of rotatable bonds is 7. The molecule has 2 unspecified atom stereocenters. The van der Waals surface area contributed by atoms with Gasteiger partial charge in [-0.2, -0.15) is 0 Å². The third kappa shape index (κ3) is 4.55. The minimum atomic E-state index is -0.866. The monoisotopic (exact) mass is 257 g/mol. The molecule has 0 radical (unpaired) electrons. The van der Waals surface area contributed by atoms with Gasteiger partial charge < -0.3 is 16.2 Å². The van der Waals surface area contributed by atoms with Crippen molar-refractivity contribution in [2.75, 3.05) is 26.3 Å². The fourth-order valence-electron chi connectivity index (χ4n) is 2.29. The molecule has 1 saturated heterocycles. The van der Waals surface area contributed by atoms with E-state index in [1.807, 2.05) is 0 Å². The zero-order chi connectivity index (χ0) is 13.6. The number of carbonyl (C=O) groups is 1. The summed E-state index contributed by atoms with van der Waals surface area (Å²) in [5.74, 6) is -0.416. The molecule has 1 fully saturated rings. The Morgan fingerprint density at radius 2 is 2.22 bits per heavy atom. The number of morpholine rings is 1. The van der Waals surface area contributed by atoms with Gasteiger partial charge in [0.05, 0.1) is 18.8 Å². The number of unbranched alkanes of at least 4 members (excludes halogenated alkanes) is 1. The molecule has 0 bridgehead atoms. The molecule has 4 N–H and O–H groups in total. The second-order valence-electron chi connectivity index (χ2n) is 5.41. The number of ether oxygens (including phenoxy) is 1. The van der Waals surface area contributed by atoms with E-state index in [2.05, 4.69) is 11.8 Å². The Morgan fingerprint density at radius 1 is 1.50 bits per heavy atom. The van der Waals surface area contributed by atoms with Gasteiger partial charge in [0.15, 0.2) is 0 Å². The van der Waals surface area contributed by atoms with E-state index in [1.165, 1.54) is 0 Å². The van der Waals surface area contributed by atoms with Crippen LogP contribution < -0.4 is 11.5 Å². The third-order valence-corrected chi connectivity index (χ3v) is 3.78. The van der Waals surface area contributed by atoms with Crippen molar-refractivity contribution in [3.05, 3.63) is 0 Å². The molecule has 1 aliphatic heterocycles. The predicted octanol–water partition coefficient (Wildman–Crippen LogP) is 0.470. The highest BCUT2D eigenvalue weighted by Crippen LogP contribution is 2.14. The molecule has 0 aromatic rings. The first kappa shape index (κ1) is 15.4. The molecule has 1 aliphatic rings. The molecule has 1 heterocycles. The summed E-state index contributed by atoms with van der Waals surface area (Å²) < 4.78 is 5.47. The fourth-order valence-corrected chi connectivity index (χ4v) is 2.29. The topological polar surface area (TPSA) is 81.6 Å². The van der Waals surface area contributed by atoms with Crippen molar-refractivity contribution < 1.29 is 9.53 Å². The van der Waals surface area contributed by atoms with E-state index in [0.29, 0.717) is 12.5 Å². The van der Waals surface area contributed by atoms with Gasteiger partial charge in [-0.05, 0) is 39.2 Å². The first-order chi connectivity index (χ1) is 8.47. The van der Waals surface area contributed by atoms with Crippen LogP contribution in [-0.2, 0) is 9.53 Å². The first-order valence-corrected chi connectivity index (χ1v) is 6.88. The number of hydrogen-bond acceptors (Lipinski definition) is 4. The number of nitrogens with two attached hydrogens (primary N) is 2. The summed E-state index contributed by atoms with van der Waals surface area (Å²) in [5, 5.41) is 0. The van der Waals surface area contributed by atoms with E-state index >= 15 is 0 Å². The van der Waals surface area contributed by atoms with Crippen LogP contribution in [0.1, 0.15) is 39.5 Å². The molecule has 0 aromatic heterocycles. The van der Waals surface area contributed by atoms with Crippen LogP contribution in [0.5, 0.6) is 0 Å². The number of amides is 1. The number of carbonyl (C=O) groups excluding carboxylic acids is 1. The van der Waals surface area contributed by atoms with Crippen LogP contribution in [-0.4, -0.2) is 48.7 Å². The van der Waals surface area contributed by atoms with E-state index < -0.39 is 11.4 Å². The highest BCUT2D eigenvalue weighted by Gasteiger charge is 2.25. The van der Waals surface area contributed by atoms with Gasteiger partial charge in [0.25, 0.3) is 0 Å². The van der Waals surface area contributed by atoms with Gasteiger partial charge in [0, 0.05) is 12.6 Å². The molecule has 1 amide bonds. The standard InChI is InChI=1S/C13H27N3O2/c1-3-11-10-18-9-8-16(11)7-5-4-6-13(2,15)12(14)17/h11H,3-10,15H2,1-2H3,(H2,14,17). The van der Waals surface area contributed by atoms with Crippen LogP contribution in [0.15, 0.2) is 0 Å². The Bertz CT molecular complexity index is 269. The summed E-state index contributed by atoms with van der Waals surface area (Å²) in [6.45, 7) is 7.62. The van der Waals surface area contributed by atoms with Crippen LogP contribution in [0.2, 0.25) is 0 Å². The van der Waals surface area contributed by atoms with Crippen LogP contribution in [0.25, 0.3) is 0 Å². The molecule has 5 heteroatoms. The Balaban J connectivity index is 2.22. The molecule has 2 atom stereocenters. The average Bonchev–Trinajstić information content (AvgIpc) is 2.35. The Labute approximate surface area is 110 Å². The van der Waals surface area contributed by atoms with E-state index in [0.717, 1.165) is 45.6 Å². The lowest BCUT2D eigenvalue weighted by atomic mass is 9.95. The highest BCUT2D eigenvalue weighted by molar-refractivity contribution is 5.83. The summed E-state index contributed by atoms with van der Waals surface area (Å²) >= 11 is 0. The van der Waals surface area contributed by atoms with Crippen molar-refractivity contribution in [1.82, 2.24) is 4.90 Å². The van der Waals surface area contributed by atoms with Crippen molar-refractivity contribution in [3.8, 4) is 0 Å². The van der Waals surface area contributed by atoms with Gasteiger partial charge in [0.1, 0.15) is 0 Å². The predicted molar refractivity (Wildman–Crippen MR) is 72.1 cm³/mol. The molecular weight excluding hydrogens is 230 g/mol. The van der Waals surface area contributed by atoms with Gasteiger partial charge in [-0.3, -0.25) is 9.69 Å². The molecule has 18 heavy (non-hydrogen) atoms. The average molecular weight is 257 g/mol. The van der Waals surface area contributed by atoms with Gasteiger partial charge in [-0.1, -0.05) is 6.92 Å². The smallest absolute Gasteiger partial charge is 0.237 e. The van der Waals surface area contributed by atoms with Crippen LogP contribution >= 0.6 is 0 Å². The van der Waals surface area contributed by atoms with Crippen molar-refractivity contribution in [2.24, 2.45) is 11.5 Å². The minimum Gasteiger partial charge on any atom is -0.378 e. The number of nitrogens with zero attached hydrogens (tertiary/aromatic N) is 1. The Hall–Kier alpha value is -0.650. The van der Waals surface area contributed by atoms with E-state index in [-0.39, 0.29) is 0 Å². The third-order valence-electron chi connectivity index (χ3n) is 3.78. The molecule has 0 saturated carbocycles. The summed E-state index contributed by atoms with van der Waals surface area (Å²) in [5.41, 5.74) is 10.2. The van der Waals surface area contributed by atoms with Crippen molar-refractivity contribution in [3.63, 3.8) is 0 Å². The highest BCUT2D eigenvalue weighted by atomic mass is 16.5. The lowest BCUT2D eigenvalue weighted by Gasteiger charge is -2.35. The summed E-state index contributed by atoms with van der Waals surface area (Å²) in [7, 11) is 0. The molecule has 106 valence electrons. The van der Waals surface area contributed by atoms with E-state index in [1.54, 1.807) is 6.92 Å². The summed E-state index contributed by atoms with van der Waals surface area (Å²) in [6, 6.07) is 0.541. The van der Waals surface area contributed by atoms with Crippen molar-refractivity contribution in [1.29, 1.82) is 0 Å². The van der Waals surface area contributed by atoms with Gasteiger partial charge >= 0.3 is 0 Å². The number of primary amides is 1. The van der Waals surface area contributed by atoms with E-state index in [9.17, 15) is 4.79 Å². The lowest BCUT2D eigenvalue weighted by molar-refractivity contribution is -0.122. The second-order valence-corrected chi connectivity index (χ2v) is 5.41. The minimum absolute atomic E-state index is 0.416. The molecule has 1 rings (SSSR count). The first-order valence-electron chi connectivity index (χ1n) is 6.88. The van der Waals surface area contributed by atoms with Crippen molar-refractivity contribution >= 4 is 5.91 Å². The quantitative estimate of drug-likeness (QED) is 0.650. The zero-order valence-electron chi connectivity index (χ0n) is 11.7. The molecular formula is C13H27N3O2. The maximum atomic E-state index is 11.1. The SMILES string of the molecule is CCC1COCCN1CCCCC(C)(N)C(N)=O. The van der Waals surface area contributed by atoms with E-state index in [4.69, 9.17) is 16.2 Å². The second kappa shape index (κ2) is 7.07. The summed E-state index contributed by atoms with van der Waals surface area (Å²) in [6.07, 6.45) is 3.76. The van der Waals surface area contributed by atoms with Crippen molar-refractivity contribution in [2.45, 2.75) is 51.1 Å². The van der Waals surface area contributed by atoms with Crippen LogP contribution in [0.4, 0.5) is 0 Å². The Kier molecular flexibility index (Phi) is 6.05. The number of hydrogen-bond donors (Lipinski definition) is 2. The van der Waals surface area contributed by atoms with Gasteiger partial charge in [0.2, 0.25) is 5.91 Å². The Morgan fingerprint density at radius 3 is 2.83 bits per heavy atom. The van der Waals surface area contributed by atoms with Gasteiger partial charge in [-0.25, -0.2) is 0 Å². The van der Waals surface area contributed by atoms with Gasteiger partial charge in [-0.15, -0.1) is 0 Å². The lowest BCUT2D eigenvalue weighted by Crippen LogP contribution is -2.49. The zero-order valence-corrected chi connectivity index (χ0v) is 11.7. The normalized spacial score (nSPS) is 24.7. The summed E-state index contributed by atoms with van der Waals surface area (Å²) in [4.78, 5) is 13.6. The van der Waals surface area contributed by atoms with Crippen LogP contribution in [0.3, 0.4) is 0 Å². The molecule has 0 aromatic carbocycles. The van der Waals surface area contributed by atoms with Crippen LogP contribution in [0, 0.1) is 0 Å². The largest absolute Gasteiger partial charge is 0.378 e. The fraction of sp³-hybridized carbons (Fsp3) is 0.923. The maximum Gasteiger partial charge on any atom is 0.237 e. The molecule has 0 aliphatic carbocycles. The molecule has 5 nitrogen and oxygen atoms in total.